The lowest BCUT2D eigenvalue weighted by Gasteiger charge is -2.53. The molecule has 2 N–H and O–H groups in total. The summed E-state index contributed by atoms with van der Waals surface area (Å²) in [6.07, 6.45) is 2.21. The molecular formula is C10H24Cl2N2. The first-order chi connectivity index (χ1) is 5.26. The van der Waals surface area contributed by atoms with E-state index < -0.39 is 0 Å². The third kappa shape index (κ3) is 3.27. The molecule has 1 aliphatic heterocycles. The van der Waals surface area contributed by atoms with Gasteiger partial charge in [0.1, 0.15) is 0 Å². The van der Waals surface area contributed by atoms with E-state index >= 15 is 0 Å². The number of likely N-dealkylation sites (tertiary alicyclic amines) is 1. The Bertz CT molecular complexity index is 163. The Balaban J connectivity index is 0. The van der Waals surface area contributed by atoms with Crippen molar-refractivity contribution in [3.63, 3.8) is 0 Å². The number of halogens is 2. The molecule has 0 saturated carbocycles. The fourth-order valence-electron chi connectivity index (χ4n) is 2.45. The van der Waals surface area contributed by atoms with Gasteiger partial charge < -0.3 is 5.73 Å². The van der Waals surface area contributed by atoms with E-state index in [2.05, 4.69) is 39.6 Å². The van der Waals surface area contributed by atoms with Crippen LogP contribution in [-0.2, 0) is 0 Å². The molecule has 1 saturated heterocycles. The molecule has 0 spiro atoms. The van der Waals surface area contributed by atoms with E-state index in [9.17, 15) is 0 Å². The van der Waals surface area contributed by atoms with Crippen molar-refractivity contribution in [2.24, 2.45) is 5.73 Å². The van der Waals surface area contributed by atoms with Crippen LogP contribution in [0, 0.1) is 0 Å². The van der Waals surface area contributed by atoms with Crippen LogP contribution < -0.4 is 5.73 Å². The van der Waals surface area contributed by atoms with Crippen molar-refractivity contribution in [3.05, 3.63) is 0 Å². The molecule has 0 radical (unpaired) electrons. The van der Waals surface area contributed by atoms with Crippen LogP contribution in [0.15, 0.2) is 0 Å². The van der Waals surface area contributed by atoms with Crippen molar-refractivity contribution in [1.82, 2.24) is 4.90 Å². The minimum Gasteiger partial charge on any atom is -0.328 e. The van der Waals surface area contributed by atoms with Crippen molar-refractivity contribution in [2.75, 3.05) is 7.05 Å². The van der Waals surface area contributed by atoms with Gasteiger partial charge in [0.25, 0.3) is 0 Å². The molecule has 0 bridgehead atoms. The van der Waals surface area contributed by atoms with Crippen LogP contribution in [0.1, 0.15) is 40.5 Å². The summed E-state index contributed by atoms with van der Waals surface area (Å²) < 4.78 is 0. The van der Waals surface area contributed by atoms with Gasteiger partial charge in [-0.15, -0.1) is 24.8 Å². The summed E-state index contributed by atoms with van der Waals surface area (Å²) in [5.74, 6) is 0. The van der Waals surface area contributed by atoms with Crippen LogP contribution in [0.3, 0.4) is 0 Å². The zero-order valence-corrected chi connectivity index (χ0v) is 11.5. The average Bonchev–Trinajstić information content (AvgIpc) is 1.80. The maximum absolute atomic E-state index is 6.02. The zero-order valence-electron chi connectivity index (χ0n) is 9.83. The highest BCUT2D eigenvalue weighted by molar-refractivity contribution is 5.85. The highest BCUT2D eigenvalue weighted by Crippen LogP contribution is 2.35. The van der Waals surface area contributed by atoms with Gasteiger partial charge in [-0.3, -0.25) is 4.90 Å². The van der Waals surface area contributed by atoms with Gasteiger partial charge in [-0.05, 0) is 47.6 Å². The third-order valence-corrected chi connectivity index (χ3v) is 3.34. The fraction of sp³-hybridized carbons (Fsp3) is 1.00. The third-order valence-electron chi connectivity index (χ3n) is 3.34. The number of hydrogen-bond acceptors (Lipinski definition) is 2. The van der Waals surface area contributed by atoms with E-state index in [0.717, 1.165) is 12.8 Å². The lowest BCUT2D eigenvalue weighted by Crippen LogP contribution is -2.61. The number of nitrogens with two attached hydrogens (primary N) is 1. The molecule has 1 heterocycles. The Hall–Kier alpha value is 0.500. The summed E-state index contributed by atoms with van der Waals surface area (Å²) in [6, 6.07) is 0.367. The average molecular weight is 243 g/mol. The van der Waals surface area contributed by atoms with E-state index in [0.29, 0.717) is 6.04 Å². The Morgan fingerprint density at radius 1 is 1.00 bits per heavy atom. The summed E-state index contributed by atoms with van der Waals surface area (Å²) in [6.45, 7) is 9.09. The molecule has 0 unspecified atom stereocenters. The predicted octanol–water partition coefficient (Wildman–Crippen LogP) is 2.44. The van der Waals surface area contributed by atoms with Crippen LogP contribution in [0.25, 0.3) is 0 Å². The van der Waals surface area contributed by atoms with Crippen molar-refractivity contribution in [2.45, 2.75) is 57.7 Å². The number of nitrogens with zero attached hydrogens (tertiary/aromatic N) is 1. The largest absolute Gasteiger partial charge is 0.328 e. The van der Waals surface area contributed by atoms with Crippen LogP contribution in [0.4, 0.5) is 0 Å². The molecule has 1 rings (SSSR count). The van der Waals surface area contributed by atoms with E-state index in [1.165, 1.54) is 0 Å². The summed E-state index contributed by atoms with van der Waals surface area (Å²) in [5, 5.41) is 0. The van der Waals surface area contributed by atoms with Gasteiger partial charge in [0.2, 0.25) is 0 Å². The molecule has 1 fully saturated rings. The molecule has 0 aromatic rings. The predicted molar refractivity (Wildman–Crippen MR) is 67.6 cm³/mol. The molecule has 0 aliphatic carbocycles. The van der Waals surface area contributed by atoms with Crippen LogP contribution in [0.5, 0.6) is 0 Å². The standard InChI is InChI=1S/C10H22N2.2ClH/c1-9(2)6-8(11)7-10(3,4)12(9)5;;/h8H,6-7,11H2,1-5H3;2*1H. The molecule has 1 aliphatic rings. The van der Waals surface area contributed by atoms with Crippen molar-refractivity contribution in [1.29, 1.82) is 0 Å². The van der Waals surface area contributed by atoms with Crippen molar-refractivity contribution >= 4 is 24.8 Å². The highest BCUT2D eigenvalue weighted by Gasteiger charge is 2.41. The Morgan fingerprint density at radius 3 is 1.57 bits per heavy atom. The maximum Gasteiger partial charge on any atom is 0.0170 e. The normalized spacial score (nSPS) is 26.1. The SMILES string of the molecule is CN1C(C)(C)CC(N)CC1(C)C.Cl.Cl. The van der Waals surface area contributed by atoms with E-state index in [4.69, 9.17) is 5.73 Å². The minimum absolute atomic E-state index is 0. The lowest BCUT2D eigenvalue weighted by molar-refractivity contribution is -0.0111. The van der Waals surface area contributed by atoms with Gasteiger partial charge in [0.05, 0.1) is 0 Å². The summed E-state index contributed by atoms with van der Waals surface area (Å²) in [4.78, 5) is 2.45. The molecule has 4 heteroatoms. The minimum atomic E-state index is 0. The number of piperidine rings is 1. The molecule has 14 heavy (non-hydrogen) atoms. The Morgan fingerprint density at radius 2 is 1.29 bits per heavy atom. The topological polar surface area (TPSA) is 29.3 Å². The van der Waals surface area contributed by atoms with Crippen LogP contribution in [-0.4, -0.2) is 29.1 Å². The van der Waals surface area contributed by atoms with Gasteiger partial charge >= 0.3 is 0 Å². The van der Waals surface area contributed by atoms with E-state index in [-0.39, 0.29) is 35.9 Å². The van der Waals surface area contributed by atoms with E-state index in [1.54, 1.807) is 0 Å². The molecule has 0 atom stereocenters. The maximum atomic E-state index is 6.02. The summed E-state index contributed by atoms with van der Waals surface area (Å²) in [7, 11) is 2.20. The second-order valence-electron chi connectivity index (χ2n) is 5.35. The summed E-state index contributed by atoms with van der Waals surface area (Å²) in [5.41, 5.74) is 6.52. The van der Waals surface area contributed by atoms with Gasteiger partial charge in [0.15, 0.2) is 0 Å². The van der Waals surface area contributed by atoms with Gasteiger partial charge in [-0.25, -0.2) is 0 Å². The zero-order chi connectivity index (χ0) is 9.57. The van der Waals surface area contributed by atoms with Crippen molar-refractivity contribution in [3.8, 4) is 0 Å². The van der Waals surface area contributed by atoms with Crippen LogP contribution >= 0.6 is 24.8 Å². The fourth-order valence-corrected chi connectivity index (χ4v) is 2.45. The second kappa shape index (κ2) is 5.02. The quantitative estimate of drug-likeness (QED) is 0.708. The molecule has 88 valence electrons. The smallest absolute Gasteiger partial charge is 0.0170 e. The second-order valence-corrected chi connectivity index (χ2v) is 5.35. The Labute approximate surface area is 100 Å². The van der Waals surface area contributed by atoms with Gasteiger partial charge in [0, 0.05) is 17.1 Å². The first-order valence-corrected chi connectivity index (χ1v) is 4.75. The van der Waals surface area contributed by atoms with Gasteiger partial charge in [-0.2, -0.15) is 0 Å². The van der Waals surface area contributed by atoms with E-state index in [1.807, 2.05) is 0 Å². The molecule has 2 nitrogen and oxygen atoms in total. The molecule has 0 amide bonds. The highest BCUT2D eigenvalue weighted by atomic mass is 35.5. The molecule has 0 aromatic carbocycles. The molecule has 0 aromatic heterocycles. The molecular weight excluding hydrogens is 219 g/mol. The summed E-state index contributed by atoms with van der Waals surface area (Å²) >= 11 is 0. The Kier molecular flexibility index (Phi) is 6.06. The number of hydrogen-bond donors (Lipinski definition) is 1. The monoisotopic (exact) mass is 242 g/mol. The first kappa shape index (κ1) is 16.9. The van der Waals surface area contributed by atoms with Crippen LogP contribution in [0.2, 0.25) is 0 Å². The lowest BCUT2D eigenvalue weighted by atomic mass is 9.78. The van der Waals surface area contributed by atoms with Gasteiger partial charge in [-0.1, -0.05) is 0 Å². The number of rotatable bonds is 0. The first-order valence-electron chi connectivity index (χ1n) is 4.75. The van der Waals surface area contributed by atoms with Crippen molar-refractivity contribution < 1.29 is 0 Å².